The number of anilines is 2. The Balaban J connectivity index is 1.84. The third-order valence-corrected chi connectivity index (χ3v) is 5.82. The van der Waals surface area contributed by atoms with Crippen molar-refractivity contribution in [2.45, 2.75) is 44.6 Å². The average molecular weight is 366 g/mol. The Morgan fingerprint density at radius 3 is 2.48 bits per heavy atom. The molecule has 0 aliphatic carbocycles. The Labute approximate surface area is 147 Å². The van der Waals surface area contributed by atoms with Crippen LogP contribution < -0.4 is 9.62 Å². The van der Waals surface area contributed by atoms with E-state index >= 15 is 0 Å². The maximum atomic E-state index is 14.4. The van der Waals surface area contributed by atoms with Crippen LogP contribution in [0.4, 0.5) is 15.8 Å². The Kier molecular flexibility index (Phi) is 4.73. The smallest absolute Gasteiger partial charge is 0.265 e. The number of nitrogens with zero attached hydrogens (tertiary/aromatic N) is 3. The van der Waals surface area contributed by atoms with Gasteiger partial charge in [0.05, 0.1) is 17.1 Å². The fraction of sp³-hybridized carbons (Fsp3) is 0.471. The van der Waals surface area contributed by atoms with Gasteiger partial charge in [0.25, 0.3) is 10.0 Å². The molecule has 0 saturated carbocycles. The number of aryl methyl sites for hydroxylation is 1. The number of hydrogen-bond acceptors (Lipinski definition) is 4. The van der Waals surface area contributed by atoms with Crippen molar-refractivity contribution < 1.29 is 12.8 Å². The lowest BCUT2D eigenvalue weighted by Gasteiger charge is -2.19. The van der Waals surface area contributed by atoms with E-state index in [4.69, 9.17) is 0 Å². The first-order valence-electron chi connectivity index (χ1n) is 8.41. The van der Waals surface area contributed by atoms with Crippen LogP contribution in [0.1, 0.15) is 38.4 Å². The molecule has 3 rings (SSSR count). The summed E-state index contributed by atoms with van der Waals surface area (Å²) in [5.41, 5.74) is 1.14. The summed E-state index contributed by atoms with van der Waals surface area (Å²) in [7, 11) is -3.82. The zero-order chi connectivity index (χ0) is 18.2. The van der Waals surface area contributed by atoms with Crippen LogP contribution in [-0.2, 0) is 10.0 Å². The Bertz CT molecular complexity index is 871. The maximum absolute atomic E-state index is 14.4. The first-order valence-corrected chi connectivity index (χ1v) is 9.89. The second kappa shape index (κ2) is 6.67. The van der Waals surface area contributed by atoms with Crippen molar-refractivity contribution >= 4 is 21.4 Å². The highest BCUT2D eigenvalue weighted by atomic mass is 32.2. The van der Waals surface area contributed by atoms with Gasteiger partial charge in [-0.05, 0) is 45.7 Å². The Hall–Kier alpha value is -2.09. The molecule has 1 aliphatic rings. The van der Waals surface area contributed by atoms with Gasteiger partial charge in [0, 0.05) is 31.4 Å². The highest BCUT2D eigenvalue weighted by Crippen LogP contribution is 2.27. The van der Waals surface area contributed by atoms with Crippen molar-refractivity contribution in [3.05, 3.63) is 35.9 Å². The van der Waals surface area contributed by atoms with E-state index < -0.39 is 15.8 Å². The normalized spacial score (nSPS) is 15.2. The second-order valence-corrected chi connectivity index (χ2v) is 8.27. The number of sulfonamides is 1. The molecule has 0 amide bonds. The highest BCUT2D eigenvalue weighted by molar-refractivity contribution is 7.92. The molecule has 1 saturated heterocycles. The molecule has 0 atom stereocenters. The van der Waals surface area contributed by atoms with Gasteiger partial charge in [-0.1, -0.05) is 0 Å². The molecule has 1 aromatic heterocycles. The van der Waals surface area contributed by atoms with E-state index in [1.54, 1.807) is 23.7 Å². The number of nitrogens with one attached hydrogen (secondary N) is 1. The molecule has 6 nitrogen and oxygen atoms in total. The lowest BCUT2D eigenvalue weighted by Crippen LogP contribution is -2.19. The molecule has 2 heterocycles. The van der Waals surface area contributed by atoms with Crippen LogP contribution in [0, 0.1) is 12.7 Å². The molecule has 25 heavy (non-hydrogen) atoms. The molecule has 0 bridgehead atoms. The van der Waals surface area contributed by atoms with E-state index in [1.165, 1.54) is 12.3 Å². The van der Waals surface area contributed by atoms with Crippen molar-refractivity contribution in [1.82, 2.24) is 9.78 Å². The first kappa shape index (κ1) is 17.7. The van der Waals surface area contributed by atoms with Gasteiger partial charge in [-0.3, -0.25) is 9.40 Å². The fourth-order valence-corrected chi connectivity index (χ4v) is 4.21. The van der Waals surface area contributed by atoms with Crippen LogP contribution in [0.5, 0.6) is 0 Å². The third kappa shape index (κ3) is 3.63. The van der Waals surface area contributed by atoms with E-state index in [9.17, 15) is 12.8 Å². The molecule has 1 fully saturated rings. The number of benzene rings is 1. The van der Waals surface area contributed by atoms with Crippen LogP contribution in [0.25, 0.3) is 0 Å². The molecule has 0 spiro atoms. The molecule has 136 valence electrons. The van der Waals surface area contributed by atoms with E-state index in [2.05, 4.69) is 9.82 Å². The summed E-state index contributed by atoms with van der Waals surface area (Å²) in [5.74, 6) is -0.420. The second-order valence-electron chi connectivity index (χ2n) is 6.62. The van der Waals surface area contributed by atoms with Gasteiger partial charge >= 0.3 is 0 Å². The van der Waals surface area contributed by atoms with Gasteiger partial charge in [-0.15, -0.1) is 0 Å². The molecule has 8 heteroatoms. The zero-order valence-electron chi connectivity index (χ0n) is 14.7. The van der Waals surface area contributed by atoms with Crippen LogP contribution in [0.2, 0.25) is 0 Å². The van der Waals surface area contributed by atoms with E-state index in [0.717, 1.165) is 25.9 Å². The zero-order valence-corrected chi connectivity index (χ0v) is 15.5. The molecule has 0 unspecified atom stereocenters. The van der Waals surface area contributed by atoms with Gasteiger partial charge in [0.1, 0.15) is 10.7 Å². The summed E-state index contributed by atoms with van der Waals surface area (Å²) in [6, 6.07) is 4.51. The van der Waals surface area contributed by atoms with Crippen LogP contribution in [0.3, 0.4) is 0 Å². The summed E-state index contributed by atoms with van der Waals surface area (Å²) in [6.07, 6.45) is 3.59. The third-order valence-electron chi connectivity index (χ3n) is 4.34. The van der Waals surface area contributed by atoms with Gasteiger partial charge < -0.3 is 4.90 Å². The topological polar surface area (TPSA) is 67.2 Å². The predicted molar refractivity (Wildman–Crippen MR) is 96.0 cm³/mol. The Morgan fingerprint density at radius 1 is 1.24 bits per heavy atom. The highest BCUT2D eigenvalue weighted by Gasteiger charge is 2.22. The summed E-state index contributed by atoms with van der Waals surface area (Å²) in [6.45, 7) is 7.14. The van der Waals surface area contributed by atoms with Crippen molar-refractivity contribution in [3.63, 3.8) is 0 Å². The summed E-state index contributed by atoms with van der Waals surface area (Å²) >= 11 is 0. The molecule has 1 aliphatic heterocycles. The number of rotatable bonds is 5. The summed E-state index contributed by atoms with van der Waals surface area (Å²) in [5, 5.41) is 4.22. The number of halogens is 1. The largest absolute Gasteiger partial charge is 0.369 e. The van der Waals surface area contributed by atoms with Crippen LogP contribution >= 0.6 is 0 Å². The van der Waals surface area contributed by atoms with Gasteiger partial charge in [-0.2, -0.15) is 5.10 Å². The van der Waals surface area contributed by atoms with Crippen LogP contribution in [0.15, 0.2) is 29.3 Å². The molecule has 2 aromatic rings. The Morgan fingerprint density at radius 2 is 1.92 bits per heavy atom. The molecule has 1 N–H and O–H groups in total. The average Bonchev–Trinajstić information content (AvgIpc) is 3.16. The van der Waals surface area contributed by atoms with Gasteiger partial charge in [-0.25, -0.2) is 12.8 Å². The first-order chi connectivity index (χ1) is 11.8. The minimum Gasteiger partial charge on any atom is -0.369 e. The quantitative estimate of drug-likeness (QED) is 0.882. The van der Waals surface area contributed by atoms with Gasteiger partial charge in [0.15, 0.2) is 0 Å². The van der Waals surface area contributed by atoms with Crippen molar-refractivity contribution in [2.75, 3.05) is 22.7 Å². The maximum Gasteiger partial charge on any atom is 0.265 e. The minimum atomic E-state index is -3.82. The van der Waals surface area contributed by atoms with E-state index in [-0.39, 0.29) is 16.6 Å². The van der Waals surface area contributed by atoms with Crippen LogP contribution in [-0.4, -0.2) is 31.3 Å². The fourth-order valence-electron chi connectivity index (χ4n) is 2.99. The lowest BCUT2D eigenvalue weighted by atomic mass is 10.2. The molecular formula is C17H23FN4O2S. The number of hydrogen-bond donors (Lipinski definition) is 1. The molecular weight excluding hydrogens is 343 g/mol. The number of aromatic nitrogens is 2. The summed E-state index contributed by atoms with van der Waals surface area (Å²) < 4.78 is 43.6. The SMILES string of the molecule is Cc1nn(C(C)C)cc1S(=O)(=O)Nc1ccc(N2CCCC2)c(F)c1. The monoisotopic (exact) mass is 366 g/mol. The minimum absolute atomic E-state index is 0.0554. The van der Waals surface area contributed by atoms with E-state index in [1.807, 2.05) is 18.7 Å². The standard InChI is InChI=1S/C17H23FN4O2S/c1-12(2)22-11-17(13(3)19-22)25(23,24)20-14-6-7-16(15(18)10-14)21-8-4-5-9-21/h6-7,10-12,20H,4-5,8-9H2,1-3H3. The summed E-state index contributed by atoms with van der Waals surface area (Å²) in [4.78, 5) is 2.08. The van der Waals surface area contributed by atoms with Gasteiger partial charge in [0.2, 0.25) is 0 Å². The molecule has 1 aromatic carbocycles. The molecule has 0 radical (unpaired) electrons. The van der Waals surface area contributed by atoms with Crippen molar-refractivity contribution in [3.8, 4) is 0 Å². The van der Waals surface area contributed by atoms with Crippen molar-refractivity contribution in [1.29, 1.82) is 0 Å². The van der Waals surface area contributed by atoms with E-state index in [0.29, 0.717) is 11.4 Å². The lowest BCUT2D eigenvalue weighted by molar-refractivity contribution is 0.528. The predicted octanol–water partition coefficient (Wildman–Crippen LogP) is 3.31. The van der Waals surface area contributed by atoms with Crippen molar-refractivity contribution in [2.24, 2.45) is 0 Å².